The van der Waals surface area contributed by atoms with Gasteiger partial charge in [-0.1, -0.05) is 6.92 Å². The average Bonchev–Trinajstić information content (AvgIpc) is 2.17. The smallest absolute Gasteiger partial charge is 0.143 e. The fourth-order valence-corrected chi connectivity index (χ4v) is 1.74. The molecule has 0 saturated carbocycles. The normalized spacial score (nSPS) is 12.5. The van der Waals surface area contributed by atoms with E-state index in [9.17, 15) is 0 Å². The Balaban J connectivity index is 2.41. The predicted molar refractivity (Wildman–Crippen MR) is 62.7 cm³/mol. The third-order valence-corrected chi connectivity index (χ3v) is 2.69. The van der Waals surface area contributed by atoms with E-state index in [1.165, 1.54) is 6.33 Å². The van der Waals surface area contributed by atoms with Crippen molar-refractivity contribution in [2.45, 2.75) is 13.3 Å². The Morgan fingerprint density at radius 1 is 1.64 bits per heavy atom. The van der Waals surface area contributed by atoms with Crippen LogP contribution in [0.3, 0.4) is 0 Å². The van der Waals surface area contributed by atoms with E-state index in [0.717, 1.165) is 23.3 Å². The number of hydrogen-bond donors (Lipinski definition) is 1. The fraction of sp³-hybridized carbons (Fsp3) is 0.556. The molecule has 1 rings (SSSR count). The summed E-state index contributed by atoms with van der Waals surface area (Å²) in [7, 11) is 0. The summed E-state index contributed by atoms with van der Waals surface area (Å²) in [4.78, 5) is 8.00. The third-order valence-electron chi connectivity index (χ3n) is 1.89. The van der Waals surface area contributed by atoms with Crippen molar-refractivity contribution < 1.29 is 0 Å². The monoisotopic (exact) mass is 277 g/mol. The van der Waals surface area contributed by atoms with Crippen LogP contribution < -0.4 is 5.32 Å². The summed E-state index contributed by atoms with van der Waals surface area (Å²) < 4.78 is 0.887. The minimum atomic E-state index is 0.550. The number of alkyl halides is 1. The van der Waals surface area contributed by atoms with Gasteiger partial charge < -0.3 is 5.32 Å². The van der Waals surface area contributed by atoms with Crippen LogP contribution in [-0.4, -0.2) is 22.4 Å². The van der Waals surface area contributed by atoms with Gasteiger partial charge in [-0.25, -0.2) is 9.97 Å². The molecule has 14 heavy (non-hydrogen) atoms. The van der Waals surface area contributed by atoms with E-state index in [0.29, 0.717) is 11.8 Å². The van der Waals surface area contributed by atoms with Crippen LogP contribution in [0.15, 0.2) is 17.0 Å². The summed E-state index contributed by atoms with van der Waals surface area (Å²) >= 11 is 9.02. The molecule has 1 unspecified atom stereocenters. The molecule has 0 aliphatic rings. The number of nitrogens with one attached hydrogen (secondary N) is 1. The van der Waals surface area contributed by atoms with Crippen LogP contribution in [0.25, 0.3) is 0 Å². The SMILES string of the molecule is CC(CCCl)CNc1ncncc1Br. The van der Waals surface area contributed by atoms with Crippen molar-refractivity contribution in [3.8, 4) is 0 Å². The van der Waals surface area contributed by atoms with Crippen LogP contribution in [0, 0.1) is 5.92 Å². The van der Waals surface area contributed by atoms with E-state index in [1.807, 2.05) is 0 Å². The maximum Gasteiger partial charge on any atom is 0.143 e. The molecule has 1 heterocycles. The quantitative estimate of drug-likeness (QED) is 0.842. The Morgan fingerprint density at radius 2 is 2.43 bits per heavy atom. The highest BCUT2D eigenvalue weighted by molar-refractivity contribution is 9.10. The van der Waals surface area contributed by atoms with E-state index in [1.54, 1.807) is 6.20 Å². The molecule has 0 radical (unpaired) electrons. The van der Waals surface area contributed by atoms with Gasteiger partial charge in [0.05, 0.1) is 4.47 Å². The highest BCUT2D eigenvalue weighted by atomic mass is 79.9. The molecule has 0 aliphatic heterocycles. The lowest BCUT2D eigenvalue weighted by Crippen LogP contribution is -2.12. The Kier molecular flexibility index (Phi) is 5.19. The van der Waals surface area contributed by atoms with Crippen LogP contribution in [0.5, 0.6) is 0 Å². The first kappa shape index (κ1) is 11.7. The largest absolute Gasteiger partial charge is 0.369 e. The first-order chi connectivity index (χ1) is 6.74. The second-order valence-electron chi connectivity index (χ2n) is 3.18. The van der Waals surface area contributed by atoms with Crippen molar-refractivity contribution in [3.05, 3.63) is 17.0 Å². The van der Waals surface area contributed by atoms with Crippen LogP contribution in [0.2, 0.25) is 0 Å². The van der Waals surface area contributed by atoms with Crippen molar-refractivity contribution in [1.29, 1.82) is 0 Å². The van der Waals surface area contributed by atoms with Crippen LogP contribution >= 0.6 is 27.5 Å². The van der Waals surface area contributed by atoms with E-state index < -0.39 is 0 Å². The van der Waals surface area contributed by atoms with Gasteiger partial charge in [-0.05, 0) is 28.3 Å². The van der Waals surface area contributed by atoms with Gasteiger partial charge in [0, 0.05) is 18.6 Å². The zero-order valence-electron chi connectivity index (χ0n) is 8.00. The van der Waals surface area contributed by atoms with Crippen molar-refractivity contribution in [3.63, 3.8) is 0 Å². The molecule has 3 nitrogen and oxygen atoms in total. The van der Waals surface area contributed by atoms with Gasteiger partial charge in [0.1, 0.15) is 12.1 Å². The average molecular weight is 279 g/mol. The lowest BCUT2D eigenvalue weighted by atomic mass is 10.1. The molecule has 0 aromatic carbocycles. The zero-order valence-corrected chi connectivity index (χ0v) is 10.3. The highest BCUT2D eigenvalue weighted by Gasteiger charge is 2.03. The van der Waals surface area contributed by atoms with Crippen LogP contribution in [0.4, 0.5) is 5.82 Å². The molecule has 0 aliphatic carbocycles. The molecule has 0 bridgehead atoms. The van der Waals surface area contributed by atoms with Crippen molar-refractivity contribution in [2.75, 3.05) is 17.7 Å². The molecule has 1 N–H and O–H groups in total. The van der Waals surface area contributed by atoms with E-state index >= 15 is 0 Å². The molecule has 0 amide bonds. The van der Waals surface area contributed by atoms with E-state index in [4.69, 9.17) is 11.6 Å². The van der Waals surface area contributed by atoms with Gasteiger partial charge in [0.2, 0.25) is 0 Å². The molecule has 1 aromatic rings. The summed E-state index contributed by atoms with van der Waals surface area (Å²) in [6.07, 6.45) is 4.26. The molecular weight excluding hydrogens is 265 g/mol. The molecule has 0 saturated heterocycles. The molecule has 1 aromatic heterocycles. The van der Waals surface area contributed by atoms with Crippen molar-refractivity contribution in [2.24, 2.45) is 5.92 Å². The summed E-state index contributed by atoms with van der Waals surface area (Å²) in [5.41, 5.74) is 0. The Bertz CT molecular complexity index is 283. The van der Waals surface area contributed by atoms with Gasteiger partial charge in [-0.3, -0.25) is 0 Å². The standard InChI is InChI=1S/C9H13BrClN3/c1-7(2-3-11)4-13-9-8(10)5-12-6-14-9/h5-7H,2-4H2,1H3,(H,12,13,14). The maximum atomic E-state index is 5.65. The van der Waals surface area contributed by atoms with Gasteiger partial charge in [0.15, 0.2) is 0 Å². The summed E-state index contributed by atoms with van der Waals surface area (Å²) in [5.74, 6) is 2.09. The van der Waals surface area contributed by atoms with Gasteiger partial charge in [-0.15, -0.1) is 11.6 Å². The summed E-state index contributed by atoms with van der Waals surface area (Å²) in [6, 6.07) is 0. The molecule has 5 heteroatoms. The lowest BCUT2D eigenvalue weighted by Gasteiger charge is -2.11. The summed E-state index contributed by atoms with van der Waals surface area (Å²) in [5, 5.41) is 3.24. The number of anilines is 1. The molecule has 1 atom stereocenters. The number of hydrogen-bond acceptors (Lipinski definition) is 3. The van der Waals surface area contributed by atoms with Crippen LogP contribution in [-0.2, 0) is 0 Å². The minimum Gasteiger partial charge on any atom is -0.369 e. The van der Waals surface area contributed by atoms with Gasteiger partial charge >= 0.3 is 0 Å². The number of aromatic nitrogens is 2. The number of rotatable bonds is 5. The minimum absolute atomic E-state index is 0.550. The maximum absolute atomic E-state index is 5.65. The second-order valence-corrected chi connectivity index (χ2v) is 4.42. The van der Waals surface area contributed by atoms with Crippen molar-refractivity contribution >= 4 is 33.3 Å². The predicted octanol–water partition coefficient (Wildman–Crippen LogP) is 2.92. The fourth-order valence-electron chi connectivity index (χ4n) is 1.00. The van der Waals surface area contributed by atoms with E-state index in [-0.39, 0.29) is 0 Å². The van der Waals surface area contributed by atoms with Gasteiger partial charge in [-0.2, -0.15) is 0 Å². The first-order valence-electron chi connectivity index (χ1n) is 4.49. The molecule has 78 valence electrons. The first-order valence-corrected chi connectivity index (χ1v) is 5.82. The zero-order chi connectivity index (χ0) is 10.4. The van der Waals surface area contributed by atoms with Gasteiger partial charge in [0.25, 0.3) is 0 Å². The van der Waals surface area contributed by atoms with E-state index in [2.05, 4.69) is 38.1 Å². The Morgan fingerprint density at radius 3 is 3.07 bits per heavy atom. The lowest BCUT2D eigenvalue weighted by molar-refractivity contribution is 0.595. The van der Waals surface area contributed by atoms with Crippen molar-refractivity contribution in [1.82, 2.24) is 9.97 Å². The van der Waals surface area contributed by atoms with Crippen LogP contribution in [0.1, 0.15) is 13.3 Å². The third kappa shape index (κ3) is 3.80. The highest BCUT2D eigenvalue weighted by Crippen LogP contribution is 2.17. The molecule has 0 spiro atoms. The number of halogens is 2. The Hall–Kier alpha value is -0.350. The summed E-state index contributed by atoms with van der Waals surface area (Å²) in [6.45, 7) is 3.03. The Labute approximate surface area is 97.4 Å². The topological polar surface area (TPSA) is 37.8 Å². The molecular formula is C9H13BrClN3. The number of nitrogens with zero attached hydrogens (tertiary/aromatic N) is 2. The second kappa shape index (κ2) is 6.19. The molecule has 0 fully saturated rings.